The maximum Gasteiger partial charge on any atom is 0.107 e. The monoisotopic (exact) mass is 192 g/mol. The normalized spacial score (nSPS) is 14.4. The van der Waals surface area contributed by atoms with Crippen LogP contribution in [0.15, 0.2) is 28.2 Å². The maximum atomic E-state index is 5.71. The molecule has 1 aromatic heterocycles. The maximum absolute atomic E-state index is 5.71. The Bertz CT molecular complexity index is 307. The van der Waals surface area contributed by atoms with E-state index in [4.69, 9.17) is 4.42 Å². The smallest absolute Gasteiger partial charge is 0.107 e. The molecule has 1 unspecified atom stereocenters. The number of allylic oxidation sites excluding steroid dienone is 2. The zero-order chi connectivity index (χ0) is 10.6. The van der Waals surface area contributed by atoms with E-state index in [1.807, 2.05) is 0 Å². The SMILES string of the molecule is C/C=C(\C)CC(C)c1ccc(CC)o1. The fourth-order valence-corrected chi connectivity index (χ4v) is 1.55. The molecule has 0 fully saturated rings. The molecule has 1 heterocycles. The van der Waals surface area contributed by atoms with Crippen LogP contribution in [-0.2, 0) is 6.42 Å². The molecule has 0 aromatic carbocycles. The fourth-order valence-electron chi connectivity index (χ4n) is 1.55. The zero-order valence-electron chi connectivity index (χ0n) is 9.63. The first-order valence-corrected chi connectivity index (χ1v) is 5.37. The molecule has 0 spiro atoms. The minimum absolute atomic E-state index is 0.492. The molecular formula is C13H20O. The highest BCUT2D eigenvalue weighted by Crippen LogP contribution is 2.24. The Morgan fingerprint density at radius 2 is 2.21 bits per heavy atom. The average Bonchev–Trinajstić information content (AvgIpc) is 2.65. The Labute approximate surface area is 86.8 Å². The van der Waals surface area contributed by atoms with Crippen molar-refractivity contribution < 1.29 is 4.42 Å². The second-order valence-electron chi connectivity index (χ2n) is 3.90. The van der Waals surface area contributed by atoms with Gasteiger partial charge in [-0.25, -0.2) is 0 Å². The lowest BCUT2D eigenvalue weighted by Crippen LogP contribution is -1.92. The molecule has 0 aliphatic carbocycles. The van der Waals surface area contributed by atoms with Crippen LogP contribution in [0, 0.1) is 0 Å². The number of rotatable bonds is 4. The summed E-state index contributed by atoms with van der Waals surface area (Å²) >= 11 is 0. The molecule has 0 aliphatic rings. The Kier molecular flexibility index (Phi) is 3.99. The second-order valence-corrected chi connectivity index (χ2v) is 3.90. The van der Waals surface area contributed by atoms with Gasteiger partial charge in [-0.15, -0.1) is 0 Å². The highest BCUT2D eigenvalue weighted by atomic mass is 16.3. The second kappa shape index (κ2) is 5.04. The van der Waals surface area contributed by atoms with Gasteiger partial charge in [-0.05, 0) is 32.4 Å². The standard InChI is InChI=1S/C13H20O/c1-5-10(3)9-11(4)13-8-7-12(6-2)14-13/h5,7-8,11H,6,9H2,1-4H3/b10-5+. The molecule has 0 N–H and O–H groups in total. The van der Waals surface area contributed by atoms with E-state index in [9.17, 15) is 0 Å². The summed E-state index contributed by atoms with van der Waals surface area (Å²) in [5, 5.41) is 0. The van der Waals surface area contributed by atoms with Crippen LogP contribution in [0.5, 0.6) is 0 Å². The number of furan rings is 1. The van der Waals surface area contributed by atoms with Crippen LogP contribution in [0.3, 0.4) is 0 Å². The minimum Gasteiger partial charge on any atom is -0.466 e. The summed E-state index contributed by atoms with van der Waals surface area (Å²) in [6.45, 7) is 8.58. The molecule has 1 rings (SSSR count). The zero-order valence-corrected chi connectivity index (χ0v) is 9.63. The van der Waals surface area contributed by atoms with E-state index in [0.29, 0.717) is 5.92 Å². The van der Waals surface area contributed by atoms with Crippen molar-refractivity contribution in [3.05, 3.63) is 35.3 Å². The summed E-state index contributed by atoms with van der Waals surface area (Å²) in [6, 6.07) is 4.18. The molecule has 14 heavy (non-hydrogen) atoms. The van der Waals surface area contributed by atoms with Gasteiger partial charge in [-0.2, -0.15) is 0 Å². The van der Waals surface area contributed by atoms with Crippen molar-refractivity contribution in [3.8, 4) is 0 Å². The number of hydrogen-bond donors (Lipinski definition) is 0. The van der Waals surface area contributed by atoms with Crippen LogP contribution < -0.4 is 0 Å². The van der Waals surface area contributed by atoms with Crippen molar-refractivity contribution in [2.75, 3.05) is 0 Å². The topological polar surface area (TPSA) is 13.1 Å². The molecule has 0 bridgehead atoms. The first-order chi connectivity index (χ1) is 6.67. The Hall–Kier alpha value is -0.980. The van der Waals surface area contributed by atoms with E-state index in [-0.39, 0.29) is 0 Å². The number of hydrogen-bond acceptors (Lipinski definition) is 1. The third kappa shape index (κ3) is 2.76. The van der Waals surface area contributed by atoms with Crippen molar-refractivity contribution in [2.24, 2.45) is 0 Å². The first kappa shape index (κ1) is 11.1. The molecule has 0 saturated carbocycles. The van der Waals surface area contributed by atoms with Crippen LogP contribution in [0.1, 0.15) is 51.6 Å². The van der Waals surface area contributed by atoms with Gasteiger partial charge in [0.1, 0.15) is 11.5 Å². The van der Waals surface area contributed by atoms with E-state index >= 15 is 0 Å². The van der Waals surface area contributed by atoms with Crippen LogP contribution in [-0.4, -0.2) is 0 Å². The predicted molar refractivity (Wildman–Crippen MR) is 60.5 cm³/mol. The fraction of sp³-hybridized carbons (Fsp3) is 0.538. The summed E-state index contributed by atoms with van der Waals surface area (Å²) < 4.78 is 5.71. The lowest BCUT2D eigenvalue weighted by Gasteiger charge is -2.08. The number of aryl methyl sites for hydroxylation is 1. The predicted octanol–water partition coefficient (Wildman–Crippen LogP) is 4.30. The van der Waals surface area contributed by atoms with Gasteiger partial charge in [0.05, 0.1) is 0 Å². The van der Waals surface area contributed by atoms with Crippen LogP contribution in [0.4, 0.5) is 0 Å². The van der Waals surface area contributed by atoms with E-state index in [1.54, 1.807) is 0 Å². The van der Waals surface area contributed by atoms with Gasteiger partial charge in [0, 0.05) is 12.3 Å². The van der Waals surface area contributed by atoms with Crippen molar-refractivity contribution >= 4 is 0 Å². The highest BCUT2D eigenvalue weighted by Gasteiger charge is 2.10. The lowest BCUT2D eigenvalue weighted by molar-refractivity contribution is 0.440. The van der Waals surface area contributed by atoms with Crippen molar-refractivity contribution in [1.29, 1.82) is 0 Å². The third-order valence-corrected chi connectivity index (χ3v) is 2.64. The highest BCUT2D eigenvalue weighted by molar-refractivity contribution is 5.13. The Morgan fingerprint density at radius 3 is 2.71 bits per heavy atom. The van der Waals surface area contributed by atoms with Gasteiger partial charge in [0.25, 0.3) is 0 Å². The van der Waals surface area contributed by atoms with Gasteiger partial charge in [0.2, 0.25) is 0 Å². The summed E-state index contributed by atoms with van der Waals surface area (Å²) in [5.74, 6) is 2.69. The first-order valence-electron chi connectivity index (χ1n) is 5.37. The van der Waals surface area contributed by atoms with Crippen LogP contribution in [0.25, 0.3) is 0 Å². The van der Waals surface area contributed by atoms with E-state index in [0.717, 1.165) is 24.4 Å². The minimum atomic E-state index is 0.492. The van der Waals surface area contributed by atoms with Crippen LogP contribution >= 0.6 is 0 Å². The van der Waals surface area contributed by atoms with Gasteiger partial charge in [0.15, 0.2) is 0 Å². The van der Waals surface area contributed by atoms with Crippen molar-refractivity contribution in [3.63, 3.8) is 0 Å². The third-order valence-electron chi connectivity index (χ3n) is 2.64. The molecule has 0 aliphatic heterocycles. The van der Waals surface area contributed by atoms with Gasteiger partial charge in [-0.3, -0.25) is 0 Å². The Balaban J connectivity index is 2.64. The van der Waals surface area contributed by atoms with Crippen molar-refractivity contribution in [1.82, 2.24) is 0 Å². The van der Waals surface area contributed by atoms with Crippen molar-refractivity contribution in [2.45, 2.75) is 46.5 Å². The van der Waals surface area contributed by atoms with Gasteiger partial charge < -0.3 is 4.42 Å². The largest absolute Gasteiger partial charge is 0.466 e. The molecule has 1 heteroatoms. The summed E-state index contributed by atoms with van der Waals surface area (Å²) in [7, 11) is 0. The molecule has 0 amide bonds. The lowest BCUT2D eigenvalue weighted by atomic mass is 10.00. The van der Waals surface area contributed by atoms with E-state index in [1.165, 1.54) is 5.57 Å². The summed E-state index contributed by atoms with van der Waals surface area (Å²) in [4.78, 5) is 0. The Morgan fingerprint density at radius 1 is 1.50 bits per heavy atom. The molecular weight excluding hydrogens is 172 g/mol. The molecule has 0 saturated heterocycles. The van der Waals surface area contributed by atoms with Gasteiger partial charge in [-0.1, -0.05) is 25.5 Å². The molecule has 0 radical (unpaired) electrons. The molecule has 1 nitrogen and oxygen atoms in total. The quantitative estimate of drug-likeness (QED) is 0.648. The molecule has 78 valence electrons. The van der Waals surface area contributed by atoms with E-state index in [2.05, 4.69) is 45.9 Å². The van der Waals surface area contributed by atoms with Crippen LogP contribution in [0.2, 0.25) is 0 Å². The summed E-state index contributed by atoms with van der Waals surface area (Å²) in [5.41, 5.74) is 1.42. The summed E-state index contributed by atoms with van der Waals surface area (Å²) in [6.07, 6.45) is 4.24. The van der Waals surface area contributed by atoms with Gasteiger partial charge >= 0.3 is 0 Å². The molecule has 1 atom stereocenters. The average molecular weight is 192 g/mol. The van der Waals surface area contributed by atoms with E-state index < -0.39 is 0 Å². The molecule has 1 aromatic rings.